The van der Waals surface area contributed by atoms with Crippen LogP contribution in [0, 0.1) is 11.2 Å². The van der Waals surface area contributed by atoms with Crippen molar-refractivity contribution in [2.24, 2.45) is 0 Å². The number of carboxylic acids is 1. The fraction of sp³-hybridized carbons (Fsp3) is 0.154. The summed E-state index contributed by atoms with van der Waals surface area (Å²) in [5, 5.41) is 17.8. The number of methoxy groups -OCH3 is 1. The zero-order valence-corrected chi connectivity index (χ0v) is 11.9. The van der Waals surface area contributed by atoms with Crippen LogP contribution in [0.1, 0.15) is 0 Å². The van der Waals surface area contributed by atoms with E-state index in [4.69, 9.17) is 10.5 Å². The summed E-state index contributed by atoms with van der Waals surface area (Å²) in [6.07, 6.45) is -4.21. The summed E-state index contributed by atoms with van der Waals surface area (Å²) in [6.45, 7) is 0. The summed E-state index contributed by atoms with van der Waals surface area (Å²) in [6, 6.07) is 2.17. The third kappa shape index (κ3) is 5.26. The van der Waals surface area contributed by atoms with Crippen molar-refractivity contribution in [2.75, 3.05) is 12.4 Å². The summed E-state index contributed by atoms with van der Waals surface area (Å²) in [5.74, 6) is -5.61. The van der Waals surface area contributed by atoms with Crippen molar-refractivity contribution in [3.8, 4) is 5.75 Å². The quantitative estimate of drug-likeness (QED) is 0.229. The van der Waals surface area contributed by atoms with Crippen molar-refractivity contribution in [3.05, 3.63) is 36.0 Å². The average molecular weight is 350 g/mol. The molecular weight excluding hydrogens is 340 g/mol. The maximum atomic E-state index is 13.7. The summed E-state index contributed by atoms with van der Waals surface area (Å²) in [5.41, 5.74) is -1.62. The van der Waals surface area contributed by atoms with Gasteiger partial charge in [-0.2, -0.15) is 0 Å². The van der Waals surface area contributed by atoms with Crippen LogP contribution in [0.5, 0.6) is 5.75 Å². The third-order valence-corrected chi connectivity index (χ3v) is 2.42. The van der Waals surface area contributed by atoms with Crippen LogP contribution in [-0.4, -0.2) is 36.0 Å². The fourth-order valence-electron chi connectivity index (χ4n) is 1.39. The Bertz CT molecular complexity index is 700. The van der Waals surface area contributed by atoms with Crippen LogP contribution in [0.3, 0.4) is 0 Å². The van der Waals surface area contributed by atoms with Gasteiger partial charge in [0.05, 0.1) is 12.8 Å². The SMILES string of the molecule is CO/C(=C/Nc1ccc(OC(F)(F)F)cc1F)C(=O)C(=N)C(=O)O. The molecule has 1 rings (SSSR count). The molecule has 7 nitrogen and oxygen atoms in total. The van der Waals surface area contributed by atoms with Crippen LogP contribution >= 0.6 is 0 Å². The highest BCUT2D eigenvalue weighted by Gasteiger charge is 2.31. The first-order chi connectivity index (χ1) is 11.0. The summed E-state index contributed by atoms with van der Waals surface area (Å²) in [4.78, 5) is 22.1. The maximum Gasteiger partial charge on any atom is 0.573 e. The van der Waals surface area contributed by atoms with Gasteiger partial charge in [-0.1, -0.05) is 0 Å². The third-order valence-electron chi connectivity index (χ3n) is 2.42. The van der Waals surface area contributed by atoms with Gasteiger partial charge in [0.25, 0.3) is 5.78 Å². The minimum atomic E-state index is -4.98. The number of anilines is 1. The van der Waals surface area contributed by atoms with E-state index in [1.165, 1.54) is 0 Å². The number of carboxylic acid groups (broad SMARTS) is 1. The van der Waals surface area contributed by atoms with Crippen LogP contribution in [-0.2, 0) is 14.3 Å². The summed E-state index contributed by atoms with van der Waals surface area (Å²) in [7, 11) is 1.01. The number of Topliss-reactive ketones (excluding diaryl/α,β-unsaturated/α-hetero) is 1. The molecule has 0 bridgehead atoms. The number of hydrogen-bond acceptors (Lipinski definition) is 6. The molecule has 0 aliphatic heterocycles. The first-order valence-corrected chi connectivity index (χ1v) is 5.97. The molecule has 1 aromatic carbocycles. The molecule has 0 heterocycles. The van der Waals surface area contributed by atoms with E-state index in [9.17, 15) is 27.2 Å². The van der Waals surface area contributed by atoms with Gasteiger partial charge in [-0.3, -0.25) is 10.2 Å². The highest BCUT2D eigenvalue weighted by atomic mass is 19.4. The highest BCUT2D eigenvalue weighted by Crippen LogP contribution is 2.26. The van der Waals surface area contributed by atoms with Crippen molar-refractivity contribution >= 4 is 23.2 Å². The monoisotopic (exact) mass is 350 g/mol. The van der Waals surface area contributed by atoms with E-state index in [1.807, 2.05) is 0 Å². The number of carbonyl (C=O) groups excluding carboxylic acids is 1. The average Bonchev–Trinajstić information content (AvgIpc) is 2.46. The lowest BCUT2D eigenvalue weighted by molar-refractivity contribution is -0.274. The van der Waals surface area contributed by atoms with Crippen molar-refractivity contribution in [1.29, 1.82) is 5.41 Å². The summed E-state index contributed by atoms with van der Waals surface area (Å²) < 4.78 is 57.8. The molecule has 130 valence electrons. The van der Waals surface area contributed by atoms with Crippen LogP contribution in [0.4, 0.5) is 23.2 Å². The molecule has 0 unspecified atom stereocenters. The molecule has 0 amide bonds. The normalized spacial score (nSPS) is 11.6. The Labute approximate surface area is 132 Å². The van der Waals surface area contributed by atoms with Gasteiger partial charge in [-0.15, -0.1) is 13.2 Å². The van der Waals surface area contributed by atoms with E-state index in [-0.39, 0.29) is 5.69 Å². The van der Waals surface area contributed by atoms with Gasteiger partial charge in [0.2, 0.25) is 0 Å². The lowest BCUT2D eigenvalue weighted by atomic mass is 10.2. The van der Waals surface area contributed by atoms with E-state index >= 15 is 0 Å². The minimum Gasteiger partial charge on any atom is -0.491 e. The Morgan fingerprint density at radius 1 is 1.33 bits per heavy atom. The second-order valence-electron chi connectivity index (χ2n) is 4.06. The molecular formula is C13H10F4N2O5. The maximum absolute atomic E-state index is 13.7. The lowest BCUT2D eigenvalue weighted by Crippen LogP contribution is -2.25. The Morgan fingerprint density at radius 3 is 2.42 bits per heavy atom. The van der Waals surface area contributed by atoms with E-state index < -0.39 is 41.2 Å². The zero-order valence-electron chi connectivity index (χ0n) is 11.9. The van der Waals surface area contributed by atoms with E-state index in [0.717, 1.165) is 25.4 Å². The second kappa shape index (κ2) is 7.44. The highest BCUT2D eigenvalue weighted by molar-refractivity contribution is 6.65. The number of carbonyl (C=O) groups is 2. The topological polar surface area (TPSA) is 109 Å². The largest absolute Gasteiger partial charge is 0.573 e. The van der Waals surface area contributed by atoms with E-state index in [1.54, 1.807) is 0 Å². The molecule has 1 aromatic rings. The molecule has 0 spiro atoms. The first kappa shape index (κ1) is 18.9. The number of ether oxygens (including phenoxy) is 2. The molecule has 0 saturated heterocycles. The van der Waals surface area contributed by atoms with Gasteiger partial charge < -0.3 is 19.9 Å². The molecule has 3 N–H and O–H groups in total. The number of hydrogen-bond donors (Lipinski definition) is 3. The lowest BCUT2D eigenvalue weighted by Gasteiger charge is -2.10. The Hall–Kier alpha value is -3.11. The number of aliphatic carboxylic acids is 1. The van der Waals surface area contributed by atoms with Gasteiger partial charge in [-0.05, 0) is 12.1 Å². The molecule has 0 aliphatic rings. The second-order valence-corrected chi connectivity index (χ2v) is 4.06. The number of nitrogens with one attached hydrogen (secondary N) is 2. The molecule has 0 atom stereocenters. The summed E-state index contributed by atoms with van der Waals surface area (Å²) >= 11 is 0. The molecule has 11 heteroatoms. The fourth-order valence-corrected chi connectivity index (χ4v) is 1.39. The Balaban J connectivity index is 2.94. The first-order valence-electron chi connectivity index (χ1n) is 5.97. The number of rotatable bonds is 7. The van der Waals surface area contributed by atoms with Crippen molar-refractivity contribution in [2.45, 2.75) is 6.36 Å². The van der Waals surface area contributed by atoms with E-state index in [0.29, 0.717) is 6.07 Å². The van der Waals surface area contributed by atoms with Gasteiger partial charge in [0.15, 0.2) is 11.5 Å². The molecule has 0 fully saturated rings. The molecule has 0 radical (unpaired) electrons. The van der Waals surface area contributed by atoms with Crippen molar-refractivity contribution in [3.63, 3.8) is 0 Å². The predicted octanol–water partition coefficient (Wildman–Crippen LogP) is 2.30. The van der Waals surface area contributed by atoms with Crippen molar-refractivity contribution in [1.82, 2.24) is 0 Å². The van der Waals surface area contributed by atoms with Gasteiger partial charge >= 0.3 is 12.3 Å². The Kier molecular flexibility index (Phi) is 5.87. The number of alkyl halides is 3. The predicted molar refractivity (Wildman–Crippen MR) is 72.2 cm³/mol. The van der Waals surface area contributed by atoms with Crippen LogP contribution in [0.25, 0.3) is 0 Å². The van der Waals surface area contributed by atoms with Gasteiger partial charge in [0, 0.05) is 12.3 Å². The van der Waals surface area contributed by atoms with Crippen molar-refractivity contribution < 1.29 is 41.7 Å². The molecule has 0 aliphatic carbocycles. The van der Waals surface area contributed by atoms with Gasteiger partial charge in [0.1, 0.15) is 11.6 Å². The Morgan fingerprint density at radius 2 is 1.96 bits per heavy atom. The number of ketones is 1. The smallest absolute Gasteiger partial charge is 0.491 e. The zero-order chi connectivity index (χ0) is 18.5. The van der Waals surface area contributed by atoms with Crippen LogP contribution in [0.15, 0.2) is 30.2 Å². The molecule has 0 aromatic heterocycles. The number of allylic oxidation sites excluding steroid dienone is 1. The number of benzene rings is 1. The van der Waals surface area contributed by atoms with Crippen LogP contribution in [0.2, 0.25) is 0 Å². The van der Waals surface area contributed by atoms with Crippen LogP contribution < -0.4 is 10.1 Å². The molecule has 24 heavy (non-hydrogen) atoms. The standard InChI is InChI=1S/C13H10F4N2O5/c1-23-9(11(20)10(18)12(21)22)5-19-8-3-2-6(4-7(8)14)24-13(15,16)17/h2-5,18-19H,1H3,(H,21,22)/b9-5+,18-10?. The minimum absolute atomic E-state index is 0.339. The molecule has 0 saturated carbocycles. The van der Waals surface area contributed by atoms with E-state index in [2.05, 4.69) is 14.8 Å². The van der Waals surface area contributed by atoms with Gasteiger partial charge in [-0.25, -0.2) is 9.18 Å². The number of halogens is 4.